The highest BCUT2D eigenvalue weighted by atomic mass is 16.7. The van der Waals surface area contributed by atoms with Gasteiger partial charge in [0, 0.05) is 25.4 Å². The fourth-order valence-electron chi connectivity index (χ4n) is 6.15. The summed E-state index contributed by atoms with van der Waals surface area (Å²) in [6.45, 7) is 1.93. The van der Waals surface area contributed by atoms with E-state index < -0.39 is 0 Å². The smallest absolute Gasteiger partial charge is 0.156 e. The Bertz CT molecular complexity index is 691. The van der Waals surface area contributed by atoms with E-state index in [2.05, 4.69) is 0 Å². The van der Waals surface area contributed by atoms with Crippen molar-refractivity contribution >= 4 is 11.6 Å². The van der Waals surface area contributed by atoms with Crippen molar-refractivity contribution in [2.45, 2.75) is 57.8 Å². The van der Waals surface area contributed by atoms with Gasteiger partial charge in [0.05, 0.1) is 19.8 Å². The number of ketones is 2. The van der Waals surface area contributed by atoms with Crippen LogP contribution in [0.15, 0.2) is 22.8 Å². The number of fused-ring (bicyclic) bond motifs is 4. The Balaban J connectivity index is 1.44. The number of Topliss-reactive ketones (excluding diaryl/α,β-unsaturated/α-hetero) is 1. The second-order valence-electron chi connectivity index (χ2n) is 8.69. The van der Waals surface area contributed by atoms with Crippen molar-refractivity contribution in [2.75, 3.05) is 33.7 Å². The molecule has 0 spiro atoms. The van der Waals surface area contributed by atoms with E-state index in [1.165, 1.54) is 11.1 Å². The van der Waals surface area contributed by atoms with Gasteiger partial charge >= 0.3 is 0 Å². The molecule has 0 heterocycles. The first-order valence-electron chi connectivity index (χ1n) is 10.8. The summed E-state index contributed by atoms with van der Waals surface area (Å²) in [5.41, 5.74) is 4.12. The molecule has 0 bridgehead atoms. The normalized spacial score (nSPS) is 32.1. The number of carbonyl (C=O) groups excluding carboxylic acids is 2. The molecule has 2 saturated carbocycles. The maximum Gasteiger partial charge on any atom is 0.156 e. The van der Waals surface area contributed by atoms with Gasteiger partial charge in [-0.2, -0.15) is 0 Å². The zero-order valence-corrected chi connectivity index (χ0v) is 17.0. The van der Waals surface area contributed by atoms with E-state index in [0.29, 0.717) is 43.9 Å². The van der Waals surface area contributed by atoms with Gasteiger partial charge in [-0.05, 0) is 74.0 Å². The van der Waals surface area contributed by atoms with Gasteiger partial charge in [-0.3, -0.25) is 9.59 Å². The number of methoxy groups -OCH3 is 1. The summed E-state index contributed by atoms with van der Waals surface area (Å²) in [5, 5.41) is 0. The highest BCUT2D eigenvalue weighted by Crippen LogP contribution is 2.60. The average molecular weight is 389 g/mol. The van der Waals surface area contributed by atoms with Crippen molar-refractivity contribution < 1.29 is 23.8 Å². The van der Waals surface area contributed by atoms with E-state index in [4.69, 9.17) is 14.2 Å². The van der Waals surface area contributed by atoms with E-state index in [0.717, 1.165) is 51.4 Å². The Morgan fingerprint density at radius 1 is 1.00 bits per heavy atom. The number of carbonyl (C=O) groups is 2. The predicted molar refractivity (Wildman–Crippen MR) is 105 cm³/mol. The van der Waals surface area contributed by atoms with Crippen LogP contribution in [0.25, 0.3) is 0 Å². The van der Waals surface area contributed by atoms with Crippen LogP contribution in [-0.4, -0.2) is 45.3 Å². The standard InChI is InChI=1S/C23H32O5/c1-26-12-13-28-15-27-11-10-23-9-8-19-18-5-3-17(24)14-16(18)2-4-20(19)21(23)6-7-22(23)25/h14,20-21H,2-13,15H2,1H3/t20?,21?,23-/m1/s1. The van der Waals surface area contributed by atoms with Crippen molar-refractivity contribution in [1.82, 2.24) is 0 Å². The molecular formula is C23H32O5. The molecule has 0 saturated heterocycles. The second-order valence-corrected chi connectivity index (χ2v) is 8.69. The van der Waals surface area contributed by atoms with Gasteiger partial charge in [-0.25, -0.2) is 0 Å². The van der Waals surface area contributed by atoms with Crippen LogP contribution in [0.4, 0.5) is 0 Å². The molecule has 0 N–H and O–H groups in total. The third kappa shape index (κ3) is 3.64. The fourth-order valence-corrected chi connectivity index (χ4v) is 6.15. The molecule has 4 aliphatic rings. The van der Waals surface area contributed by atoms with Gasteiger partial charge in [0.15, 0.2) is 5.78 Å². The number of ether oxygens (including phenoxy) is 3. The highest BCUT2D eigenvalue weighted by Gasteiger charge is 2.55. The van der Waals surface area contributed by atoms with Gasteiger partial charge in [-0.1, -0.05) is 5.57 Å². The minimum atomic E-state index is -0.201. The zero-order valence-electron chi connectivity index (χ0n) is 17.0. The van der Waals surface area contributed by atoms with E-state index in [1.807, 2.05) is 6.08 Å². The molecule has 5 heteroatoms. The van der Waals surface area contributed by atoms with Gasteiger partial charge < -0.3 is 14.2 Å². The molecule has 0 radical (unpaired) electrons. The Kier molecular flexibility index (Phi) is 6.14. The molecule has 28 heavy (non-hydrogen) atoms. The summed E-state index contributed by atoms with van der Waals surface area (Å²) in [5.74, 6) is 1.71. The first kappa shape index (κ1) is 20.0. The topological polar surface area (TPSA) is 61.8 Å². The summed E-state index contributed by atoms with van der Waals surface area (Å²) in [7, 11) is 1.65. The molecule has 5 nitrogen and oxygen atoms in total. The van der Waals surface area contributed by atoms with Crippen molar-refractivity contribution in [2.24, 2.45) is 17.3 Å². The Labute approximate surface area is 167 Å². The van der Waals surface area contributed by atoms with Crippen LogP contribution in [-0.2, 0) is 23.8 Å². The SMILES string of the molecule is COCCOCOCC[C@]12CCC3=C4CCC(=O)C=C4CCC3C1CCC2=O. The van der Waals surface area contributed by atoms with Crippen molar-refractivity contribution in [3.63, 3.8) is 0 Å². The molecular weight excluding hydrogens is 356 g/mol. The molecule has 4 rings (SSSR count). The Morgan fingerprint density at radius 3 is 2.71 bits per heavy atom. The third-order valence-electron chi connectivity index (χ3n) is 7.47. The quantitative estimate of drug-likeness (QED) is 0.468. The molecule has 0 aromatic rings. The summed E-state index contributed by atoms with van der Waals surface area (Å²) in [6.07, 6.45) is 10.0. The van der Waals surface area contributed by atoms with Gasteiger partial charge in [0.2, 0.25) is 0 Å². The lowest BCUT2D eigenvalue weighted by Crippen LogP contribution is -2.43. The first-order valence-corrected chi connectivity index (χ1v) is 10.8. The van der Waals surface area contributed by atoms with E-state index >= 15 is 0 Å². The zero-order chi connectivity index (χ0) is 19.6. The van der Waals surface area contributed by atoms with Crippen LogP contribution in [0.3, 0.4) is 0 Å². The van der Waals surface area contributed by atoms with Crippen LogP contribution in [0.2, 0.25) is 0 Å². The minimum absolute atomic E-state index is 0.201. The lowest BCUT2D eigenvalue weighted by atomic mass is 9.56. The van der Waals surface area contributed by atoms with Crippen LogP contribution in [0.1, 0.15) is 57.8 Å². The predicted octanol–water partition coefficient (Wildman–Crippen LogP) is 3.77. The molecule has 2 unspecified atom stereocenters. The Morgan fingerprint density at radius 2 is 1.86 bits per heavy atom. The number of hydrogen-bond donors (Lipinski definition) is 0. The third-order valence-corrected chi connectivity index (χ3v) is 7.47. The number of hydrogen-bond acceptors (Lipinski definition) is 5. The molecule has 3 atom stereocenters. The first-order chi connectivity index (χ1) is 13.7. The summed E-state index contributed by atoms with van der Waals surface area (Å²) in [6, 6.07) is 0. The number of rotatable bonds is 8. The van der Waals surface area contributed by atoms with Gasteiger partial charge in [0.25, 0.3) is 0 Å². The molecule has 2 fully saturated rings. The van der Waals surface area contributed by atoms with Crippen molar-refractivity contribution in [3.05, 3.63) is 22.8 Å². The van der Waals surface area contributed by atoms with E-state index in [-0.39, 0.29) is 18.0 Å². The lowest BCUT2D eigenvalue weighted by molar-refractivity contribution is -0.132. The molecule has 0 aromatic heterocycles. The van der Waals surface area contributed by atoms with E-state index in [1.54, 1.807) is 12.7 Å². The summed E-state index contributed by atoms with van der Waals surface area (Å²) >= 11 is 0. The van der Waals surface area contributed by atoms with Gasteiger partial charge in [0.1, 0.15) is 12.6 Å². The van der Waals surface area contributed by atoms with Crippen molar-refractivity contribution in [1.29, 1.82) is 0 Å². The maximum atomic E-state index is 13.0. The monoisotopic (exact) mass is 388 g/mol. The van der Waals surface area contributed by atoms with Crippen LogP contribution >= 0.6 is 0 Å². The Hall–Kier alpha value is -1.30. The maximum absolute atomic E-state index is 13.0. The van der Waals surface area contributed by atoms with Gasteiger partial charge in [-0.15, -0.1) is 0 Å². The lowest BCUT2D eigenvalue weighted by Gasteiger charge is -2.48. The molecule has 154 valence electrons. The number of allylic oxidation sites excluding steroid dienone is 4. The van der Waals surface area contributed by atoms with Crippen LogP contribution in [0, 0.1) is 17.3 Å². The summed E-state index contributed by atoms with van der Waals surface area (Å²) < 4.78 is 16.0. The van der Waals surface area contributed by atoms with E-state index in [9.17, 15) is 9.59 Å². The largest absolute Gasteiger partial charge is 0.382 e. The van der Waals surface area contributed by atoms with Crippen LogP contribution < -0.4 is 0 Å². The highest BCUT2D eigenvalue weighted by molar-refractivity contribution is 5.93. The van der Waals surface area contributed by atoms with Crippen LogP contribution in [0.5, 0.6) is 0 Å². The molecule has 4 aliphatic carbocycles. The molecule has 0 aromatic carbocycles. The minimum Gasteiger partial charge on any atom is -0.382 e. The summed E-state index contributed by atoms with van der Waals surface area (Å²) in [4.78, 5) is 24.8. The molecule has 0 aliphatic heterocycles. The molecule has 0 amide bonds. The van der Waals surface area contributed by atoms with Crippen molar-refractivity contribution in [3.8, 4) is 0 Å². The fraction of sp³-hybridized carbons (Fsp3) is 0.739. The second kappa shape index (κ2) is 8.60. The average Bonchev–Trinajstić information content (AvgIpc) is 3.03.